The van der Waals surface area contributed by atoms with Gasteiger partial charge in [-0.3, -0.25) is 14.9 Å². The van der Waals surface area contributed by atoms with Crippen LogP contribution in [0.1, 0.15) is 21.9 Å². The third-order valence-corrected chi connectivity index (χ3v) is 3.08. The van der Waals surface area contributed by atoms with Gasteiger partial charge in [-0.15, -0.1) is 0 Å². The van der Waals surface area contributed by atoms with Crippen LogP contribution >= 0.6 is 11.6 Å². The number of carbonyl (C=O) groups excluding carboxylic acids is 1. The number of nitrogens with one attached hydrogen (secondary N) is 1. The van der Waals surface area contributed by atoms with Crippen LogP contribution in [-0.2, 0) is 6.54 Å². The van der Waals surface area contributed by atoms with Gasteiger partial charge in [-0.25, -0.2) is 9.97 Å². The minimum absolute atomic E-state index is 0.0524. The van der Waals surface area contributed by atoms with E-state index >= 15 is 0 Å². The fourth-order valence-electron chi connectivity index (χ4n) is 1.71. The summed E-state index contributed by atoms with van der Waals surface area (Å²) >= 11 is 5.88. The van der Waals surface area contributed by atoms with Crippen LogP contribution in [0, 0.1) is 17.0 Å². The molecule has 0 bridgehead atoms. The van der Waals surface area contributed by atoms with Crippen molar-refractivity contribution >= 4 is 23.2 Å². The zero-order valence-corrected chi connectivity index (χ0v) is 11.8. The molecule has 1 aromatic heterocycles. The average molecular weight is 307 g/mol. The number of rotatable bonds is 4. The molecule has 0 fully saturated rings. The number of aromatic nitrogens is 2. The second-order valence-electron chi connectivity index (χ2n) is 4.17. The molecule has 0 aliphatic rings. The van der Waals surface area contributed by atoms with Gasteiger partial charge in [0.25, 0.3) is 11.6 Å². The van der Waals surface area contributed by atoms with E-state index in [1.165, 1.54) is 18.2 Å². The van der Waals surface area contributed by atoms with Gasteiger partial charge in [0.05, 0.1) is 22.7 Å². The summed E-state index contributed by atoms with van der Waals surface area (Å²) in [6.07, 6.45) is 1.59. The molecule has 1 aromatic carbocycles. The quantitative estimate of drug-likeness (QED) is 0.690. The van der Waals surface area contributed by atoms with E-state index in [1.807, 2.05) is 0 Å². The van der Waals surface area contributed by atoms with E-state index in [4.69, 9.17) is 11.6 Å². The second kappa shape index (κ2) is 6.27. The van der Waals surface area contributed by atoms with E-state index in [1.54, 1.807) is 19.2 Å². The summed E-state index contributed by atoms with van der Waals surface area (Å²) < 4.78 is 0. The fraction of sp³-hybridized carbons (Fsp3) is 0.154. The van der Waals surface area contributed by atoms with Crippen LogP contribution in [0.5, 0.6) is 0 Å². The summed E-state index contributed by atoms with van der Waals surface area (Å²) in [5.74, 6) is 0.0927. The number of halogens is 1. The van der Waals surface area contributed by atoms with Crippen LogP contribution in [0.4, 0.5) is 5.69 Å². The molecule has 0 atom stereocenters. The van der Waals surface area contributed by atoms with Gasteiger partial charge < -0.3 is 5.32 Å². The summed E-state index contributed by atoms with van der Waals surface area (Å²) in [4.78, 5) is 30.3. The SMILES string of the molecule is Cc1nccc(CNC(=O)c2cccc([N+](=O)[O-])c2Cl)n1. The molecule has 1 heterocycles. The Morgan fingerprint density at radius 3 is 2.86 bits per heavy atom. The number of nitro benzene ring substituents is 1. The first-order valence-electron chi connectivity index (χ1n) is 5.98. The topological polar surface area (TPSA) is 98.0 Å². The molecule has 0 aliphatic carbocycles. The molecule has 7 nitrogen and oxygen atoms in total. The number of amides is 1. The highest BCUT2D eigenvalue weighted by Gasteiger charge is 2.19. The van der Waals surface area contributed by atoms with Crippen LogP contribution < -0.4 is 5.32 Å². The highest BCUT2D eigenvalue weighted by molar-refractivity contribution is 6.35. The van der Waals surface area contributed by atoms with Crippen LogP contribution in [0.25, 0.3) is 0 Å². The molecule has 0 saturated carbocycles. The monoisotopic (exact) mass is 306 g/mol. The Hall–Kier alpha value is -2.54. The Morgan fingerprint density at radius 1 is 1.43 bits per heavy atom. The molecule has 0 saturated heterocycles. The van der Waals surface area contributed by atoms with Gasteiger partial charge in [0, 0.05) is 12.3 Å². The van der Waals surface area contributed by atoms with Gasteiger partial charge in [0.2, 0.25) is 0 Å². The number of carbonyl (C=O) groups is 1. The predicted molar refractivity (Wildman–Crippen MR) is 76.0 cm³/mol. The standard InChI is InChI=1S/C13H11ClN4O3/c1-8-15-6-5-9(17-8)7-16-13(19)10-3-2-4-11(12(10)14)18(20)21/h2-6H,7H2,1H3,(H,16,19). The van der Waals surface area contributed by atoms with Crippen LogP contribution in [0.3, 0.4) is 0 Å². The molecule has 2 aromatic rings. The molecular formula is C13H11ClN4O3. The third kappa shape index (κ3) is 3.51. The Balaban J connectivity index is 2.14. The van der Waals surface area contributed by atoms with Crippen LogP contribution in [-0.4, -0.2) is 20.8 Å². The molecule has 0 unspecified atom stereocenters. The molecule has 1 amide bonds. The van der Waals surface area contributed by atoms with Crippen molar-refractivity contribution in [1.29, 1.82) is 0 Å². The van der Waals surface area contributed by atoms with E-state index in [0.29, 0.717) is 11.5 Å². The molecule has 108 valence electrons. The molecule has 8 heteroatoms. The zero-order chi connectivity index (χ0) is 15.4. The van der Waals surface area contributed by atoms with E-state index in [0.717, 1.165) is 0 Å². The zero-order valence-electron chi connectivity index (χ0n) is 11.0. The van der Waals surface area contributed by atoms with Gasteiger partial charge in [-0.2, -0.15) is 0 Å². The minimum Gasteiger partial charge on any atom is -0.346 e. The third-order valence-electron chi connectivity index (χ3n) is 2.68. The largest absolute Gasteiger partial charge is 0.346 e. The van der Waals surface area contributed by atoms with E-state index in [9.17, 15) is 14.9 Å². The average Bonchev–Trinajstić information content (AvgIpc) is 2.45. The summed E-state index contributed by atoms with van der Waals surface area (Å²) in [5, 5.41) is 13.2. The van der Waals surface area contributed by atoms with Crippen molar-refractivity contribution in [2.45, 2.75) is 13.5 Å². The van der Waals surface area contributed by atoms with Crippen molar-refractivity contribution in [3.63, 3.8) is 0 Å². The van der Waals surface area contributed by atoms with Gasteiger partial charge in [0.1, 0.15) is 10.8 Å². The molecule has 2 rings (SSSR count). The molecule has 1 N–H and O–H groups in total. The first-order chi connectivity index (χ1) is 9.99. The van der Waals surface area contributed by atoms with Gasteiger partial charge in [0.15, 0.2) is 0 Å². The van der Waals surface area contributed by atoms with E-state index in [2.05, 4.69) is 15.3 Å². The van der Waals surface area contributed by atoms with Crippen LogP contribution in [0.15, 0.2) is 30.5 Å². The summed E-state index contributed by atoms with van der Waals surface area (Å²) in [6, 6.07) is 5.75. The lowest BCUT2D eigenvalue weighted by molar-refractivity contribution is -0.384. The lowest BCUT2D eigenvalue weighted by Gasteiger charge is -2.07. The maximum absolute atomic E-state index is 12.0. The summed E-state index contributed by atoms with van der Waals surface area (Å²) in [7, 11) is 0. The number of benzene rings is 1. The molecule has 0 aliphatic heterocycles. The number of nitro groups is 1. The molecule has 21 heavy (non-hydrogen) atoms. The number of nitrogens with zero attached hydrogens (tertiary/aromatic N) is 3. The maximum Gasteiger partial charge on any atom is 0.288 e. The minimum atomic E-state index is -0.632. The smallest absolute Gasteiger partial charge is 0.288 e. The lowest BCUT2D eigenvalue weighted by atomic mass is 10.2. The fourth-order valence-corrected chi connectivity index (χ4v) is 1.99. The van der Waals surface area contributed by atoms with E-state index in [-0.39, 0.29) is 22.8 Å². The summed E-state index contributed by atoms with van der Waals surface area (Å²) in [5.41, 5.74) is 0.385. The van der Waals surface area contributed by atoms with Gasteiger partial charge >= 0.3 is 0 Å². The molecule has 0 spiro atoms. The van der Waals surface area contributed by atoms with Crippen molar-refractivity contribution in [2.75, 3.05) is 0 Å². The second-order valence-corrected chi connectivity index (χ2v) is 4.55. The normalized spacial score (nSPS) is 10.2. The highest BCUT2D eigenvalue weighted by Crippen LogP contribution is 2.27. The number of hydrogen-bond acceptors (Lipinski definition) is 5. The summed E-state index contributed by atoms with van der Waals surface area (Å²) in [6.45, 7) is 1.92. The Morgan fingerprint density at radius 2 is 2.19 bits per heavy atom. The highest BCUT2D eigenvalue weighted by atomic mass is 35.5. The van der Waals surface area contributed by atoms with Crippen molar-refractivity contribution in [3.8, 4) is 0 Å². The Labute approximate surface area is 125 Å². The van der Waals surface area contributed by atoms with E-state index < -0.39 is 10.8 Å². The Bertz CT molecular complexity index is 706. The first-order valence-corrected chi connectivity index (χ1v) is 6.36. The van der Waals surface area contributed by atoms with Crippen molar-refractivity contribution in [2.24, 2.45) is 0 Å². The van der Waals surface area contributed by atoms with Gasteiger partial charge in [-0.05, 0) is 19.1 Å². The van der Waals surface area contributed by atoms with Crippen molar-refractivity contribution in [1.82, 2.24) is 15.3 Å². The van der Waals surface area contributed by atoms with Crippen molar-refractivity contribution in [3.05, 3.63) is 62.7 Å². The molecular weight excluding hydrogens is 296 g/mol. The predicted octanol–water partition coefficient (Wildman–Crippen LogP) is 2.28. The number of aryl methyl sites for hydroxylation is 1. The molecule has 0 radical (unpaired) electrons. The van der Waals surface area contributed by atoms with Crippen LogP contribution in [0.2, 0.25) is 5.02 Å². The number of hydrogen-bond donors (Lipinski definition) is 1. The maximum atomic E-state index is 12.0. The van der Waals surface area contributed by atoms with Gasteiger partial charge in [-0.1, -0.05) is 17.7 Å². The first kappa shape index (κ1) is 14.9. The lowest BCUT2D eigenvalue weighted by Crippen LogP contribution is -2.24. The van der Waals surface area contributed by atoms with Crippen molar-refractivity contribution < 1.29 is 9.72 Å². The Kier molecular flexibility index (Phi) is 4.44.